The van der Waals surface area contributed by atoms with Crippen molar-refractivity contribution in [2.45, 2.75) is 13.8 Å². The van der Waals surface area contributed by atoms with Gasteiger partial charge in [-0.2, -0.15) is 0 Å². The molecule has 0 fully saturated rings. The first-order valence-corrected chi connectivity index (χ1v) is 8.33. The summed E-state index contributed by atoms with van der Waals surface area (Å²) in [4.78, 5) is 4.35. The van der Waals surface area contributed by atoms with Crippen LogP contribution in [0.1, 0.15) is 13.8 Å². The molecule has 5 nitrogen and oxygen atoms in total. The number of fused-ring (bicyclic) bond motifs is 1. The van der Waals surface area contributed by atoms with E-state index < -0.39 is 7.60 Å². The zero-order chi connectivity index (χ0) is 13.9. The van der Waals surface area contributed by atoms with Crippen molar-refractivity contribution >= 4 is 33.9 Å². The molecule has 0 spiro atoms. The molecule has 104 valence electrons. The molecule has 0 saturated carbocycles. The Morgan fingerprint density at radius 3 is 2.53 bits per heavy atom. The van der Waals surface area contributed by atoms with Gasteiger partial charge in [-0.05, 0) is 32.0 Å². The number of rotatable bonds is 6. The third-order valence-electron chi connectivity index (χ3n) is 2.42. The van der Waals surface area contributed by atoms with Gasteiger partial charge < -0.3 is 13.8 Å². The van der Waals surface area contributed by atoms with E-state index in [4.69, 9.17) is 13.8 Å². The van der Waals surface area contributed by atoms with Gasteiger partial charge in [-0.3, -0.25) is 4.57 Å². The lowest BCUT2D eigenvalue weighted by molar-refractivity contribution is 0.230. The molecule has 19 heavy (non-hydrogen) atoms. The number of ether oxygens (including phenoxy) is 1. The number of nitrogens with zero attached hydrogens (tertiary/aromatic N) is 1. The minimum Gasteiger partial charge on any atom is -0.497 e. The number of hydrogen-bond acceptors (Lipinski definition) is 6. The summed E-state index contributed by atoms with van der Waals surface area (Å²) < 4.78 is 29.6. The highest BCUT2D eigenvalue weighted by atomic mass is 32.1. The third kappa shape index (κ3) is 2.98. The van der Waals surface area contributed by atoms with Crippen LogP contribution in [0.25, 0.3) is 10.2 Å². The topological polar surface area (TPSA) is 57.7 Å². The second kappa shape index (κ2) is 6.01. The minimum atomic E-state index is -3.30. The van der Waals surface area contributed by atoms with Crippen molar-refractivity contribution in [3.63, 3.8) is 0 Å². The normalized spacial score (nSPS) is 11.9. The number of aromatic nitrogens is 1. The molecular formula is C12H16NO4PS. The molecule has 2 rings (SSSR count). The standard InChI is InChI=1S/C12H16NO4PS/c1-4-16-18(14,17-5-2)12-13-10-7-6-9(15-3)8-11(10)19-12/h6-8H,4-5H2,1-3H3. The van der Waals surface area contributed by atoms with Gasteiger partial charge in [-0.15, -0.1) is 11.3 Å². The smallest absolute Gasteiger partial charge is 0.389 e. The first-order valence-electron chi connectivity index (χ1n) is 5.97. The van der Waals surface area contributed by atoms with E-state index in [9.17, 15) is 4.57 Å². The first kappa shape index (κ1) is 14.5. The Bertz CT molecular complexity index is 603. The quantitative estimate of drug-likeness (QED) is 0.767. The van der Waals surface area contributed by atoms with Crippen LogP contribution in [0.2, 0.25) is 0 Å². The molecule has 0 aliphatic rings. The summed E-state index contributed by atoms with van der Waals surface area (Å²) in [5.74, 6) is 0.741. The molecular weight excluding hydrogens is 285 g/mol. The number of thiazole rings is 1. The van der Waals surface area contributed by atoms with Crippen LogP contribution in [0.15, 0.2) is 18.2 Å². The predicted octanol–water partition coefficient (Wildman–Crippen LogP) is 3.20. The first-order chi connectivity index (χ1) is 9.12. The van der Waals surface area contributed by atoms with E-state index in [1.165, 1.54) is 11.3 Å². The Kier molecular flexibility index (Phi) is 4.58. The van der Waals surface area contributed by atoms with Crippen LogP contribution in [0.4, 0.5) is 0 Å². The molecule has 0 saturated heterocycles. The van der Waals surface area contributed by atoms with Crippen LogP contribution in [0.5, 0.6) is 5.75 Å². The monoisotopic (exact) mass is 301 g/mol. The lowest BCUT2D eigenvalue weighted by atomic mass is 10.3. The Hall–Kier alpha value is -0.940. The van der Waals surface area contributed by atoms with Crippen LogP contribution < -0.4 is 9.49 Å². The van der Waals surface area contributed by atoms with Gasteiger partial charge in [0, 0.05) is 0 Å². The van der Waals surface area contributed by atoms with Gasteiger partial charge in [0.25, 0.3) is 0 Å². The Morgan fingerprint density at radius 1 is 1.26 bits per heavy atom. The zero-order valence-corrected chi connectivity index (χ0v) is 12.8. The maximum Gasteiger partial charge on any atom is 0.389 e. The van der Waals surface area contributed by atoms with Crippen molar-refractivity contribution in [3.05, 3.63) is 18.2 Å². The average Bonchev–Trinajstić information content (AvgIpc) is 2.82. The summed E-state index contributed by atoms with van der Waals surface area (Å²) in [6.45, 7) is 4.19. The second-order valence-electron chi connectivity index (χ2n) is 3.66. The van der Waals surface area contributed by atoms with Crippen molar-refractivity contribution in [3.8, 4) is 5.75 Å². The average molecular weight is 301 g/mol. The van der Waals surface area contributed by atoms with E-state index >= 15 is 0 Å². The number of hydrogen-bond donors (Lipinski definition) is 0. The van der Waals surface area contributed by atoms with Crippen LogP contribution in [0, 0.1) is 0 Å². The highest BCUT2D eigenvalue weighted by Gasteiger charge is 2.31. The molecule has 7 heteroatoms. The molecule has 0 aliphatic carbocycles. The van der Waals surface area contributed by atoms with Crippen LogP contribution in [-0.2, 0) is 13.6 Å². The molecule has 0 atom stereocenters. The van der Waals surface area contributed by atoms with Gasteiger partial charge in [0.1, 0.15) is 5.75 Å². The van der Waals surface area contributed by atoms with Crippen LogP contribution >= 0.6 is 18.9 Å². The molecule has 0 N–H and O–H groups in total. The SMILES string of the molecule is CCOP(=O)(OCC)c1nc2ccc(OC)cc2s1. The summed E-state index contributed by atoms with van der Waals surface area (Å²) in [5.41, 5.74) is 0.764. The summed E-state index contributed by atoms with van der Waals surface area (Å²) in [6.07, 6.45) is 0. The summed E-state index contributed by atoms with van der Waals surface area (Å²) >= 11 is 1.31. The van der Waals surface area contributed by atoms with E-state index in [-0.39, 0.29) is 0 Å². The predicted molar refractivity (Wildman–Crippen MR) is 76.7 cm³/mol. The molecule has 0 amide bonds. The lowest BCUT2D eigenvalue weighted by Gasteiger charge is -2.13. The molecule has 0 unspecified atom stereocenters. The van der Waals surface area contributed by atoms with Crippen molar-refractivity contribution in [2.75, 3.05) is 20.3 Å². The minimum absolute atomic E-state index is 0.316. The maximum atomic E-state index is 12.6. The molecule has 0 radical (unpaired) electrons. The highest BCUT2D eigenvalue weighted by molar-refractivity contribution is 7.69. The molecule has 1 aromatic carbocycles. The lowest BCUT2D eigenvalue weighted by Crippen LogP contribution is -2.09. The fourth-order valence-corrected chi connectivity index (χ4v) is 4.62. The van der Waals surface area contributed by atoms with Gasteiger partial charge >= 0.3 is 7.60 Å². The summed E-state index contributed by atoms with van der Waals surface area (Å²) in [7, 11) is -1.70. The van der Waals surface area contributed by atoms with Crippen LogP contribution in [0.3, 0.4) is 0 Å². The van der Waals surface area contributed by atoms with E-state index in [0.717, 1.165) is 16.0 Å². The number of methoxy groups -OCH3 is 1. The summed E-state index contributed by atoms with van der Waals surface area (Å²) in [6, 6.07) is 5.51. The van der Waals surface area contributed by atoms with Gasteiger partial charge in [0.2, 0.25) is 4.75 Å². The van der Waals surface area contributed by atoms with Gasteiger partial charge in [0.05, 0.1) is 30.5 Å². The van der Waals surface area contributed by atoms with E-state index in [2.05, 4.69) is 4.98 Å². The Labute approximate surface area is 116 Å². The maximum absolute atomic E-state index is 12.6. The van der Waals surface area contributed by atoms with Gasteiger partial charge in [-0.25, -0.2) is 4.98 Å². The largest absolute Gasteiger partial charge is 0.497 e. The van der Waals surface area contributed by atoms with Gasteiger partial charge in [-0.1, -0.05) is 0 Å². The van der Waals surface area contributed by atoms with Crippen LogP contribution in [-0.4, -0.2) is 25.3 Å². The summed E-state index contributed by atoms with van der Waals surface area (Å²) in [5, 5.41) is 0. The zero-order valence-electron chi connectivity index (χ0n) is 11.1. The fourth-order valence-electron chi connectivity index (χ4n) is 1.62. The molecule has 2 aromatic rings. The van der Waals surface area contributed by atoms with E-state index in [1.807, 2.05) is 18.2 Å². The van der Waals surface area contributed by atoms with E-state index in [0.29, 0.717) is 18.0 Å². The Morgan fingerprint density at radius 2 is 1.95 bits per heavy atom. The highest BCUT2D eigenvalue weighted by Crippen LogP contribution is 2.48. The van der Waals surface area contributed by atoms with Gasteiger partial charge in [0.15, 0.2) is 0 Å². The molecule has 0 aliphatic heterocycles. The second-order valence-corrected chi connectivity index (χ2v) is 6.93. The van der Waals surface area contributed by atoms with Crippen molar-refractivity contribution in [2.24, 2.45) is 0 Å². The fraction of sp³-hybridized carbons (Fsp3) is 0.417. The molecule has 1 aromatic heterocycles. The van der Waals surface area contributed by atoms with Crippen molar-refractivity contribution in [1.29, 1.82) is 0 Å². The van der Waals surface area contributed by atoms with Crippen molar-refractivity contribution in [1.82, 2.24) is 4.98 Å². The molecule has 1 heterocycles. The third-order valence-corrected chi connectivity index (χ3v) is 5.95. The van der Waals surface area contributed by atoms with Crippen molar-refractivity contribution < 1.29 is 18.3 Å². The van der Waals surface area contributed by atoms with E-state index in [1.54, 1.807) is 21.0 Å². The molecule has 0 bridgehead atoms. The Balaban J connectivity index is 2.46. The number of benzene rings is 1.